The summed E-state index contributed by atoms with van der Waals surface area (Å²) in [6.07, 6.45) is 6.39. The molecule has 0 aliphatic heterocycles. The largest absolute Gasteiger partial charge is 0.282 e. The summed E-state index contributed by atoms with van der Waals surface area (Å²) in [5.74, 6) is 1.29. The highest BCUT2D eigenvalue weighted by Crippen LogP contribution is 2.43. The van der Waals surface area contributed by atoms with Crippen LogP contribution < -0.4 is 0 Å². The number of hydrogen-bond donors (Lipinski definition) is 1. The number of H-pyrrole nitrogens is 1. The van der Waals surface area contributed by atoms with Crippen molar-refractivity contribution < 1.29 is 4.39 Å². The summed E-state index contributed by atoms with van der Waals surface area (Å²) < 4.78 is 13.8. The Balaban J connectivity index is 1.29. The van der Waals surface area contributed by atoms with Crippen LogP contribution in [0, 0.1) is 11.7 Å². The van der Waals surface area contributed by atoms with E-state index in [1.54, 1.807) is 12.1 Å². The molecule has 0 bridgehead atoms. The molecule has 2 aromatic carbocycles. The molecule has 2 aromatic heterocycles. The third kappa shape index (κ3) is 4.09. The average molecular weight is 434 g/mol. The Morgan fingerprint density at radius 1 is 1.00 bits per heavy atom. The summed E-state index contributed by atoms with van der Waals surface area (Å²) in [5.41, 5.74) is 5.32. The van der Waals surface area contributed by atoms with E-state index in [0.717, 1.165) is 52.9 Å². The Morgan fingerprint density at radius 2 is 1.77 bits per heavy atom. The van der Waals surface area contributed by atoms with E-state index in [-0.39, 0.29) is 5.82 Å². The van der Waals surface area contributed by atoms with E-state index in [4.69, 9.17) is 11.6 Å². The van der Waals surface area contributed by atoms with Crippen LogP contribution >= 0.6 is 11.6 Å². The Hall–Kier alpha value is -2.72. The van der Waals surface area contributed by atoms with Gasteiger partial charge in [-0.05, 0) is 85.5 Å². The molecule has 0 saturated heterocycles. The van der Waals surface area contributed by atoms with Gasteiger partial charge in [0.2, 0.25) is 0 Å². The minimum Gasteiger partial charge on any atom is -0.282 e. The van der Waals surface area contributed by atoms with Gasteiger partial charge in [0.05, 0.1) is 11.2 Å². The fraction of sp³-hybridized carbons (Fsp3) is 0.308. The average Bonchev–Trinajstić information content (AvgIpc) is 3.29. The van der Waals surface area contributed by atoms with Crippen LogP contribution in [0.15, 0.2) is 60.8 Å². The molecule has 1 aliphatic rings. The topological polar surface area (TPSA) is 41.6 Å². The monoisotopic (exact) mass is 433 g/mol. The fourth-order valence-electron chi connectivity index (χ4n) is 5.02. The SMILES string of the molecule is C[C@H](c1cc(-c2ccc(Cl)cc2)n[nH]1)C1CCC(c2ccnc3ccc(F)cc23)CC1. The third-order valence-corrected chi connectivity index (χ3v) is 7.14. The first-order valence-corrected chi connectivity index (χ1v) is 11.3. The van der Waals surface area contributed by atoms with Crippen LogP contribution in [-0.2, 0) is 0 Å². The first-order chi connectivity index (χ1) is 15.1. The van der Waals surface area contributed by atoms with Crippen LogP contribution in [0.4, 0.5) is 4.39 Å². The zero-order valence-electron chi connectivity index (χ0n) is 17.5. The lowest BCUT2D eigenvalue weighted by Gasteiger charge is -2.32. The highest BCUT2D eigenvalue weighted by atomic mass is 35.5. The minimum absolute atomic E-state index is 0.195. The lowest BCUT2D eigenvalue weighted by Crippen LogP contribution is -2.18. The molecule has 1 aliphatic carbocycles. The molecule has 0 spiro atoms. The lowest BCUT2D eigenvalue weighted by molar-refractivity contribution is 0.288. The van der Waals surface area contributed by atoms with Gasteiger partial charge >= 0.3 is 0 Å². The van der Waals surface area contributed by atoms with Gasteiger partial charge in [0.15, 0.2) is 0 Å². The Bertz CT molecular complexity index is 1190. The molecule has 1 N–H and O–H groups in total. The number of aromatic nitrogens is 3. The molecule has 0 radical (unpaired) electrons. The highest BCUT2D eigenvalue weighted by Gasteiger charge is 2.28. The predicted octanol–water partition coefficient (Wildman–Crippen LogP) is 7.49. The normalized spacial score (nSPS) is 20.1. The van der Waals surface area contributed by atoms with Crippen molar-refractivity contribution in [2.24, 2.45) is 5.92 Å². The van der Waals surface area contributed by atoms with Gasteiger partial charge in [0.1, 0.15) is 5.82 Å². The minimum atomic E-state index is -0.195. The van der Waals surface area contributed by atoms with Crippen molar-refractivity contribution in [1.29, 1.82) is 0 Å². The Labute approximate surface area is 186 Å². The van der Waals surface area contributed by atoms with Gasteiger partial charge in [-0.15, -0.1) is 0 Å². The summed E-state index contributed by atoms with van der Waals surface area (Å²) in [5, 5.41) is 9.47. The van der Waals surface area contributed by atoms with Gasteiger partial charge in [-0.25, -0.2) is 4.39 Å². The van der Waals surface area contributed by atoms with Crippen LogP contribution in [0.2, 0.25) is 5.02 Å². The molecule has 5 rings (SSSR count). The lowest BCUT2D eigenvalue weighted by atomic mass is 9.73. The second kappa shape index (κ2) is 8.43. The number of aromatic amines is 1. The second-order valence-electron chi connectivity index (χ2n) is 8.68. The first-order valence-electron chi connectivity index (χ1n) is 10.9. The van der Waals surface area contributed by atoms with E-state index in [2.05, 4.69) is 34.2 Å². The van der Waals surface area contributed by atoms with Crippen molar-refractivity contribution in [2.45, 2.75) is 44.4 Å². The van der Waals surface area contributed by atoms with E-state index >= 15 is 0 Å². The summed E-state index contributed by atoms with van der Waals surface area (Å²) in [6.45, 7) is 2.29. The number of hydrogen-bond acceptors (Lipinski definition) is 2. The standard InChI is InChI=1S/C26H25ClFN3/c1-16(25-15-26(31-30-25)19-6-8-20(27)9-7-19)17-2-4-18(5-3-17)22-12-13-29-24-11-10-21(28)14-23(22)24/h6-18H,2-5H2,1H3,(H,30,31)/t16-,17?,18?/m0/s1. The van der Waals surface area contributed by atoms with Gasteiger partial charge in [-0.1, -0.05) is 30.7 Å². The molecule has 0 unspecified atom stereocenters. The van der Waals surface area contributed by atoms with Crippen LogP contribution in [-0.4, -0.2) is 15.2 Å². The second-order valence-corrected chi connectivity index (χ2v) is 9.11. The number of nitrogens with zero attached hydrogens (tertiary/aromatic N) is 2. The summed E-state index contributed by atoms with van der Waals surface area (Å²) in [7, 11) is 0. The first kappa shape index (κ1) is 20.2. The van der Waals surface area contributed by atoms with E-state index in [9.17, 15) is 4.39 Å². The Kier molecular flexibility index (Phi) is 5.49. The molecule has 31 heavy (non-hydrogen) atoms. The molecule has 1 saturated carbocycles. The van der Waals surface area contributed by atoms with Crippen LogP contribution in [0.1, 0.15) is 55.7 Å². The smallest absolute Gasteiger partial charge is 0.123 e. The molecule has 1 atom stereocenters. The third-order valence-electron chi connectivity index (χ3n) is 6.88. The van der Waals surface area contributed by atoms with E-state index in [0.29, 0.717) is 17.8 Å². The zero-order chi connectivity index (χ0) is 21.4. The molecule has 5 heteroatoms. The highest BCUT2D eigenvalue weighted by molar-refractivity contribution is 6.30. The van der Waals surface area contributed by atoms with Crippen LogP contribution in [0.3, 0.4) is 0 Å². The number of pyridine rings is 1. The van der Waals surface area contributed by atoms with Gasteiger partial charge in [0.25, 0.3) is 0 Å². The Morgan fingerprint density at radius 3 is 2.55 bits per heavy atom. The van der Waals surface area contributed by atoms with Crippen LogP contribution in [0.25, 0.3) is 22.2 Å². The quantitative estimate of drug-likeness (QED) is 0.362. The molecule has 158 valence electrons. The molecule has 4 aromatic rings. The number of benzene rings is 2. The van der Waals surface area contributed by atoms with Crippen molar-refractivity contribution in [2.75, 3.05) is 0 Å². The number of rotatable bonds is 4. The van der Waals surface area contributed by atoms with Gasteiger partial charge < -0.3 is 0 Å². The summed E-state index contributed by atoms with van der Waals surface area (Å²) in [4.78, 5) is 4.41. The van der Waals surface area contributed by atoms with E-state index < -0.39 is 0 Å². The van der Waals surface area contributed by atoms with Crippen molar-refractivity contribution in [3.05, 3.63) is 82.9 Å². The molecule has 1 fully saturated rings. The van der Waals surface area contributed by atoms with Crippen molar-refractivity contribution in [1.82, 2.24) is 15.2 Å². The fourth-order valence-corrected chi connectivity index (χ4v) is 5.14. The maximum absolute atomic E-state index is 13.8. The zero-order valence-corrected chi connectivity index (χ0v) is 18.2. The molecule has 3 nitrogen and oxygen atoms in total. The van der Waals surface area contributed by atoms with Crippen molar-refractivity contribution >= 4 is 22.5 Å². The molecule has 0 amide bonds. The van der Waals surface area contributed by atoms with Gasteiger partial charge in [0, 0.05) is 33.8 Å². The van der Waals surface area contributed by atoms with Crippen LogP contribution in [0.5, 0.6) is 0 Å². The van der Waals surface area contributed by atoms with E-state index in [1.807, 2.05) is 30.5 Å². The summed E-state index contributed by atoms with van der Waals surface area (Å²) in [6, 6.07) is 16.9. The predicted molar refractivity (Wildman–Crippen MR) is 124 cm³/mol. The van der Waals surface area contributed by atoms with Gasteiger partial charge in [-0.2, -0.15) is 5.10 Å². The number of fused-ring (bicyclic) bond motifs is 1. The maximum atomic E-state index is 13.8. The number of halogens is 2. The molecular formula is C26H25ClFN3. The van der Waals surface area contributed by atoms with E-state index in [1.165, 1.54) is 17.3 Å². The number of nitrogens with one attached hydrogen (secondary N) is 1. The molecular weight excluding hydrogens is 409 g/mol. The van der Waals surface area contributed by atoms with Crippen molar-refractivity contribution in [3.8, 4) is 11.3 Å². The molecule has 2 heterocycles. The van der Waals surface area contributed by atoms with Crippen molar-refractivity contribution in [3.63, 3.8) is 0 Å². The summed E-state index contributed by atoms with van der Waals surface area (Å²) >= 11 is 6.00. The van der Waals surface area contributed by atoms with Gasteiger partial charge in [-0.3, -0.25) is 10.1 Å². The maximum Gasteiger partial charge on any atom is 0.123 e.